The SMILES string of the molecule is Cc1cccc(F)c1-c1ccc(Cl)s1. The van der Waals surface area contributed by atoms with Gasteiger partial charge in [-0.3, -0.25) is 0 Å². The normalized spacial score (nSPS) is 10.5. The summed E-state index contributed by atoms with van der Waals surface area (Å²) in [5, 5.41) is 0. The van der Waals surface area contributed by atoms with Gasteiger partial charge in [0.2, 0.25) is 0 Å². The van der Waals surface area contributed by atoms with Crippen LogP contribution < -0.4 is 0 Å². The van der Waals surface area contributed by atoms with E-state index in [1.54, 1.807) is 12.1 Å². The quantitative estimate of drug-likeness (QED) is 0.671. The third-order valence-electron chi connectivity index (χ3n) is 2.04. The lowest BCUT2D eigenvalue weighted by Gasteiger charge is -2.03. The molecule has 2 aromatic rings. The van der Waals surface area contributed by atoms with Crippen LogP contribution in [0.4, 0.5) is 4.39 Å². The molecule has 0 amide bonds. The largest absolute Gasteiger partial charge is 0.206 e. The van der Waals surface area contributed by atoms with Gasteiger partial charge in [-0.15, -0.1) is 11.3 Å². The van der Waals surface area contributed by atoms with Gasteiger partial charge in [-0.1, -0.05) is 23.7 Å². The van der Waals surface area contributed by atoms with Crippen LogP contribution >= 0.6 is 22.9 Å². The second-order valence-electron chi connectivity index (χ2n) is 3.04. The van der Waals surface area contributed by atoms with Crippen LogP contribution in [-0.2, 0) is 0 Å². The van der Waals surface area contributed by atoms with Crippen molar-refractivity contribution in [3.63, 3.8) is 0 Å². The Morgan fingerprint density at radius 3 is 2.57 bits per heavy atom. The van der Waals surface area contributed by atoms with Crippen LogP contribution in [0.1, 0.15) is 5.56 Å². The van der Waals surface area contributed by atoms with E-state index in [4.69, 9.17) is 11.6 Å². The monoisotopic (exact) mass is 226 g/mol. The molecule has 1 aromatic carbocycles. The van der Waals surface area contributed by atoms with Crippen LogP contribution in [0.25, 0.3) is 10.4 Å². The van der Waals surface area contributed by atoms with E-state index >= 15 is 0 Å². The minimum Gasteiger partial charge on any atom is -0.206 e. The molecule has 0 saturated heterocycles. The lowest BCUT2D eigenvalue weighted by molar-refractivity contribution is 0.630. The highest BCUT2D eigenvalue weighted by atomic mass is 35.5. The van der Waals surface area contributed by atoms with Crippen LogP contribution in [0.15, 0.2) is 30.3 Å². The van der Waals surface area contributed by atoms with Crippen molar-refractivity contribution in [2.45, 2.75) is 6.92 Å². The van der Waals surface area contributed by atoms with E-state index in [2.05, 4.69) is 0 Å². The first-order valence-corrected chi connectivity index (χ1v) is 5.39. The van der Waals surface area contributed by atoms with Crippen molar-refractivity contribution in [3.8, 4) is 10.4 Å². The van der Waals surface area contributed by atoms with Crippen LogP contribution in [0.5, 0.6) is 0 Å². The predicted molar refractivity (Wildman–Crippen MR) is 59.5 cm³/mol. The molecule has 0 nitrogen and oxygen atoms in total. The fraction of sp³-hybridized carbons (Fsp3) is 0.0909. The van der Waals surface area contributed by atoms with Crippen LogP contribution in [0.3, 0.4) is 0 Å². The molecule has 1 aromatic heterocycles. The third kappa shape index (κ3) is 1.68. The predicted octanol–water partition coefficient (Wildman–Crippen LogP) is 4.52. The zero-order valence-corrected chi connectivity index (χ0v) is 9.12. The maximum atomic E-state index is 13.5. The van der Waals surface area contributed by atoms with Gasteiger partial charge in [-0.05, 0) is 30.7 Å². The van der Waals surface area contributed by atoms with E-state index in [-0.39, 0.29) is 5.82 Å². The van der Waals surface area contributed by atoms with Crippen molar-refractivity contribution in [2.75, 3.05) is 0 Å². The lowest BCUT2D eigenvalue weighted by Crippen LogP contribution is -1.85. The molecular formula is C11H8ClFS. The number of benzene rings is 1. The summed E-state index contributed by atoms with van der Waals surface area (Å²) in [5.74, 6) is -0.191. The van der Waals surface area contributed by atoms with Gasteiger partial charge in [0, 0.05) is 10.4 Å². The van der Waals surface area contributed by atoms with Gasteiger partial charge in [0.1, 0.15) is 5.82 Å². The molecule has 0 aliphatic rings. The highest BCUT2D eigenvalue weighted by Gasteiger charge is 2.09. The van der Waals surface area contributed by atoms with Gasteiger partial charge in [0.05, 0.1) is 4.34 Å². The summed E-state index contributed by atoms with van der Waals surface area (Å²) in [6.45, 7) is 1.89. The molecule has 0 N–H and O–H groups in total. The molecule has 0 saturated carbocycles. The average Bonchev–Trinajstić information content (AvgIpc) is 2.51. The first kappa shape index (κ1) is 9.69. The maximum absolute atomic E-state index is 13.5. The zero-order valence-electron chi connectivity index (χ0n) is 7.55. The Balaban J connectivity index is 2.61. The van der Waals surface area contributed by atoms with Gasteiger partial charge < -0.3 is 0 Å². The fourth-order valence-electron chi connectivity index (χ4n) is 1.39. The number of hydrogen-bond acceptors (Lipinski definition) is 1. The minimum absolute atomic E-state index is 0.191. The summed E-state index contributed by atoms with van der Waals surface area (Å²) in [6.07, 6.45) is 0. The highest BCUT2D eigenvalue weighted by molar-refractivity contribution is 7.19. The van der Waals surface area contributed by atoms with Crippen molar-refractivity contribution < 1.29 is 4.39 Å². The molecule has 0 fully saturated rings. The molecule has 14 heavy (non-hydrogen) atoms. The van der Waals surface area contributed by atoms with E-state index in [0.717, 1.165) is 10.4 Å². The average molecular weight is 227 g/mol. The van der Waals surface area contributed by atoms with Crippen molar-refractivity contribution in [2.24, 2.45) is 0 Å². The third-order valence-corrected chi connectivity index (χ3v) is 3.29. The summed E-state index contributed by atoms with van der Waals surface area (Å²) in [6, 6.07) is 8.71. The number of rotatable bonds is 1. The summed E-state index contributed by atoms with van der Waals surface area (Å²) < 4.78 is 14.2. The number of aryl methyl sites for hydroxylation is 1. The second-order valence-corrected chi connectivity index (χ2v) is 4.75. The van der Waals surface area contributed by atoms with E-state index < -0.39 is 0 Å². The van der Waals surface area contributed by atoms with E-state index in [1.807, 2.05) is 19.1 Å². The molecule has 0 aliphatic carbocycles. The zero-order chi connectivity index (χ0) is 10.1. The Morgan fingerprint density at radius 2 is 2.00 bits per heavy atom. The van der Waals surface area contributed by atoms with Crippen LogP contribution in [0.2, 0.25) is 4.34 Å². The molecule has 0 radical (unpaired) electrons. The van der Waals surface area contributed by atoms with Gasteiger partial charge in [0.25, 0.3) is 0 Å². The van der Waals surface area contributed by atoms with Gasteiger partial charge in [0.15, 0.2) is 0 Å². The summed E-state index contributed by atoms with van der Waals surface area (Å²) >= 11 is 7.21. The number of halogens is 2. The summed E-state index contributed by atoms with van der Waals surface area (Å²) in [4.78, 5) is 0.880. The van der Waals surface area contributed by atoms with E-state index in [1.165, 1.54) is 17.4 Å². The van der Waals surface area contributed by atoms with Crippen molar-refractivity contribution in [1.29, 1.82) is 0 Å². The van der Waals surface area contributed by atoms with Gasteiger partial charge in [-0.25, -0.2) is 4.39 Å². The summed E-state index contributed by atoms with van der Waals surface area (Å²) in [5.41, 5.74) is 1.59. The molecule has 0 aliphatic heterocycles. The molecule has 0 atom stereocenters. The van der Waals surface area contributed by atoms with E-state index in [9.17, 15) is 4.39 Å². The molecule has 0 spiro atoms. The van der Waals surface area contributed by atoms with Crippen LogP contribution in [0, 0.1) is 12.7 Å². The highest BCUT2D eigenvalue weighted by Crippen LogP contribution is 2.34. The van der Waals surface area contributed by atoms with Crippen LogP contribution in [-0.4, -0.2) is 0 Å². The Kier molecular flexibility index (Phi) is 2.57. The Hall–Kier alpha value is -0.860. The summed E-state index contributed by atoms with van der Waals surface area (Å²) in [7, 11) is 0. The fourth-order valence-corrected chi connectivity index (χ4v) is 2.55. The van der Waals surface area contributed by atoms with Gasteiger partial charge in [-0.2, -0.15) is 0 Å². The standard InChI is InChI=1S/C11H8ClFS/c1-7-3-2-4-8(13)11(7)9-5-6-10(12)14-9/h2-6H,1H3. The number of hydrogen-bond donors (Lipinski definition) is 0. The first-order chi connectivity index (χ1) is 6.68. The smallest absolute Gasteiger partial charge is 0.132 e. The Labute approximate surface area is 91.0 Å². The topological polar surface area (TPSA) is 0 Å². The second kappa shape index (κ2) is 3.71. The molecule has 1 heterocycles. The van der Waals surface area contributed by atoms with Crippen molar-refractivity contribution >= 4 is 22.9 Å². The first-order valence-electron chi connectivity index (χ1n) is 4.19. The lowest BCUT2D eigenvalue weighted by atomic mass is 10.1. The van der Waals surface area contributed by atoms with E-state index in [0.29, 0.717) is 9.90 Å². The van der Waals surface area contributed by atoms with Crippen molar-refractivity contribution in [1.82, 2.24) is 0 Å². The minimum atomic E-state index is -0.191. The Bertz CT molecular complexity index is 442. The maximum Gasteiger partial charge on any atom is 0.132 e. The molecule has 0 unspecified atom stereocenters. The molecule has 0 bridgehead atoms. The molecule has 72 valence electrons. The molecule has 2 rings (SSSR count). The molecule has 3 heteroatoms. The van der Waals surface area contributed by atoms with Crippen molar-refractivity contribution in [3.05, 3.63) is 46.0 Å². The molecular weight excluding hydrogens is 219 g/mol. The Morgan fingerprint density at radius 1 is 1.21 bits per heavy atom. The number of thiophene rings is 1. The van der Waals surface area contributed by atoms with Gasteiger partial charge >= 0.3 is 0 Å².